The molecule has 0 aliphatic heterocycles. The third-order valence-electron chi connectivity index (χ3n) is 1.21. The Morgan fingerprint density at radius 3 is 2.70 bits per heavy atom. The quantitative estimate of drug-likeness (QED) is 0.755. The summed E-state index contributed by atoms with van der Waals surface area (Å²) in [7, 11) is 0. The summed E-state index contributed by atoms with van der Waals surface area (Å²) in [6.07, 6.45) is 1.75. The van der Waals surface area contributed by atoms with Crippen molar-refractivity contribution < 1.29 is 5.11 Å². The molecule has 52 valence electrons. The van der Waals surface area contributed by atoms with Crippen molar-refractivity contribution in [3.05, 3.63) is 33.9 Å². The minimum absolute atomic E-state index is 0.325. The molecule has 0 aliphatic rings. The highest BCUT2D eigenvalue weighted by atomic mass is 127. The Bertz CT molecular complexity index is 255. The maximum Gasteiger partial charge on any atom is 0.128 e. The third-order valence-corrected chi connectivity index (χ3v) is 2.07. The Labute approximate surface area is 73.5 Å². The fraction of sp³-hybridized carbons (Fsp3) is 0. The maximum atomic E-state index is 9.10. The molecule has 1 aromatic carbocycles. The first-order valence-electron chi connectivity index (χ1n) is 2.85. The molecule has 0 radical (unpaired) electrons. The molecule has 10 heavy (non-hydrogen) atoms. The van der Waals surface area contributed by atoms with Gasteiger partial charge in [0.2, 0.25) is 0 Å². The standard InChI is InChI=1S/C8H7IO/c1-2-6-3-4-8(10)7(9)5-6/h2-5,10H,1H2. The normalized spacial score (nSPS) is 9.30. The summed E-state index contributed by atoms with van der Waals surface area (Å²) in [4.78, 5) is 0. The molecule has 1 N–H and O–H groups in total. The van der Waals surface area contributed by atoms with Gasteiger partial charge in [0, 0.05) is 0 Å². The molecule has 0 heterocycles. The fourth-order valence-corrected chi connectivity index (χ4v) is 1.19. The van der Waals surface area contributed by atoms with Crippen LogP contribution in [0.5, 0.6) is 5.75 Å². The van der Waals surface area contributed by atoms with Crippen molar-refractivity contribution in [3.8, 4) is 5.75 Å². The van der Waals surface area contributed by atoms with Gasteiger partial charge in [-0.2, -0.15) is 0 Å². The Hall–Kier alpha value is -0.510. The van der Waals surface area contributed by atoms with Crippen LogP contribution < -0.4 is 0 Å². The van der Waals surface area contributed by atoms with E-state index < -0.39 is 0 Å². The number of benzene rings is 1. The predicted octanol–water partition coefficient (Wildman–Crippen LogP) is 2.64. The zero-order valence-electron chi connectivity index (χ0n) is 5.34. The highest BCUT2D eigenvalue weighted by Crippen LogP contribution is 2.20. The van der Waals surface area contributed by atoms with Gasteiger partial charge in [-0.3, -0.25) is 0 Å². The van der Waals surface area contributed by atoms with E-state index in [1.807, 2.05) is 12.1 Å². The van der Waals surface area contributed by atoms with Crippen molar-refractivity contribution in [2.45, 2.75) is 0 Å². The summed E-state index contributed by atoms with van der Waals surface area (Å²) in [5.74, 6) is 0.325. The van der Waals surface area contributed by atoms with Gasteiger partial charge < -0.3 is 5.11 Å². The molecule has 0 fully saturated rings. The lowest BCUT2D eigenvalue weighted by molar-refractivity contribution is 0.471. The largest absolute Gasteiger partial charge is 0.507 e. The highest BCUT2D eigenvalue weighted by Gasteiger charge is 1.94. The molecule has 0 unspecified atom stereocenters. The van der Waals surface area contributed by atoms with Crippen LogP contribution in [0.15, 0.2) is 24.8 Å². The van der Waals surface area contributed by atoms with Crippen molar-refractivity contribution in [3.63, 3.8) is 0 Å². The molecular formula is C8H7IO. The van der Waals surface area contributed by atoms with Crippen molar-refractivity contribution in [2.24, 2.45) is 0 Å². The van der Waals surface area contributed by atoms with E-state index >= 15 is 0 Å². The summed E-state index contributed by atoms with van der Waals surface area (Å²) in [5, 5.41) is 9.10. The Morgan fingerprint density at radius 1 is 1.50 bits per heavy atom. The highest BCUT2D eigenvalue weighted by molar-refractivity contribution is 14.1. The second kappa shape index (κ2) is 3.05. The lowest BCUT2D eigenvalue weighted by Gasteiger charge is -1.96. The zero-order valence-corrected chi connectivity index (χ0v) is 7.50. The molecule has 0 aliphatic carbocycles. The predicted molar refractivity (Wildman–Crippen MR) is 50.9 cm³/mol. The Balaban J connectivity index is 3.16. The van der Waals surface area contributed by atoms with Gasteiger partial charge in [0.25, 0.3) is 0 Å². The van der Waals surface area contributed by atoms with Gasteiger partial charge in [-0.25, -0.2) is 0 Å². The summed E-state index contributed by atoms with van der Waals surface area (Å²) in [5.41, 5.74) is 1.03. The number of hydrogen-bond acceptors (Lipinski definition) is 1. The lowest BCUT2D eigenvalue weighted by atomic mass is 10.2. The Morgan fingerprint density at radius 2 is 2.20 bits per heavy atom. The van der Waals surface area contributed by atoms with Crippen LogP contribution in [0.3, 0.4) is 0 Å². The summed E-state index contributed by atoms with van der Waals surface area (Å²) in [6, 6.07) is 5.37. The van der Waals surface area contributed by atoms with Gasteiger partial charge in [0.05, 0.1) is 3.57 Å². The third kappa shape index (κ3) is 1.50. The van der Waals surface area contributed by atoms with E-state index in [1.54, 1.807) is 12.1 Å². The van der Waals surface area contributed by atoms with Gasteiger partial charge in [-0.1, -0.05) is 18.7 Å². The Kier molecular flexibility index (Phi) is 2.32. The number of phenols is 1. The first kappa shape index (κ1) is 7.60. The monoisotopic (exact) mass is 246 g/mol. The van der Waals surface area contributed by atoms with Gasteiger partial charge >= 0.3 is 0 Å². The molecule has 1 nitrogen and oxygen atoms in total. The van der Waals surface area contributed by atoms with E-state index in [9.17, 15) is 0 Å². The van der Waals surface area contributed by atoms with E-state index in [0.717, 1.165) is 9.13 Å². The molecule has 1 aromatic rings. The van der Waals surface area contributed by atoms with Crippen LogP contribution in [-0.2, 0) is 0 Å². The van der Waals surface area contributed by atoms with E-state index in [-0.39, 0.29) is 0 Å². The molecule has 0 aromatic heterocycles. The SMILES string of the molecule is C=Cc1ccc(O)c(I)c1. The van der Waals surface area contributed by atoms with Crippen molar-refractivity contribution >= 4 is 28.7 Å². The summed E-state index contributed by atoms with van der Waals surface area (Å²) in [6.45, 7) is 3.62. The zero-order chi connectivity index (χ0) is 7.56. The number of phenolic OH excluding ortho intramolecular Hbond substituents is 1. The molecule has 1 rings (SSSR count). The van der Waals surface area contributed by atoms with E-state index in [2.05, 4.69) is 29.2 Å². The van der Waals surface area contributed by atoms with Crippen LogP contribution in [0.25, 0.3) is 6.08 Å². The lowest BCUT2D eigenvalue weighted by Crippen LogP contribution is -1.75. The molecule has 0 spiro atoms. The van der Waals surface area contributed by atoms with Crippen LogP contribution in [-0.4, -0.2) is 5.11 Å². The summed E-state index contributed by atoms with van der Waals surface area (Å²) < 4.78 is 0.856. The average Bonchev–Trinajstić information content (AvgIpc) is 1.95. The second-order valence-corrected chi connectivity index (χ2v) is 3.08. The van der Waals surface area contributed by atoms with E-state index in [4.69, 9.17) is 5.11 Å². The molecule has 0 saturated carbocycles. The van der Waals surface area contributed by atoms with Crippen molar-refractivity contribution in [1.29, 1.82) is 0 Å². The first-order chi connectivity index (χ1) is 4.74. The minimum Gasteiger partial charge on any atom is -0.507 e. The van der Waals surface area contributed by atoms with Gasteiger partial charge in [0.15, 0.2) is 0 Å². The first-order valence-corrected chi connectivity index (χ1v) is 3.93. The van der Waals surface area contributed by atoms with Crippen LogP contribution in [0.1, 0.15) is 5.56 Å². The fourth-order valence-electron chi connectivity index (χ4n) is 0.650. The van der Waals surface area contributed by atoms with Crippen LogP contribution >= 0.6 is 22.6 Å². The molecular weight excluding hydrogens is 239 g/mol. The molecule has 0 saturated heterocycles. The van der Waals surface area contributed by atoms with Crippen LogP contribution in [0, 0.1) is 3.57 Å². The minimum atomic E-state index is 0.325. The van der Waals surface area contributed by atoms with Gasteiger partial charge in [0.1, 0.15) is 5.75 Å². The van der Waals surface area contributed by atoms with E-state index in [1.165, 1.54) is 0 Å². The molecule has 0 bridgehead atoms. The number of halogens is 1. The van der Waals surface area contributed by atoms with Crippen LogP contribution in [0.4, 0.5) is 0 Å². The van der Waals surface area contributed by atoms with Crippen LogP contribution in [0.2, 0.25) is 0 Å². The van der Waals surface area contributed by atoms with Gasteiger partial charge in [-0.05, 0) is 40.3 Å². The maximum absolute atomic E-state index is 9.10. The van der Waals surface area contributed by atoms with Gasteiger partial charge in [-0.15, -0.1) is 0 Å². The second-order valence-electron chi connectivity index (χ2n) is 1.91. The molecule has 2 heteroatoms. The molecule has 0 amide bonds. The topological polar surface area (TPSA) is 20.2 Å². The average molecular weight is 246 g/mol. The number of aromatic hydroxyl groups is 1. The molecule has 0 atom stereocenters. The van der Waals surface area contributed by atoms with Crippen molar-refractivity contribution in [2.75, 3.05) is 0 Å². The number of rotatable bonds is 1. The van der Waals surface area contributed by atoms with Crippen molar-refractivity contribution in [1.82, 2.24) is 0 Å². The van der Waals surface area contributed by atoms with E-state index in [0.29, 0.717) is 5.75 Å². The number of hydrogen-bond donors (Lipinski definition) is 1. The summed E-state index contributed by atoms with van der Waals surface area (Å²) >= 11 is 2.08. The smallest absolute Gasteiger partial charge is 0.128 e.